The Bertz CT molecular complexity index is 1880. The number of alkyl halides is 2. The Morgan fingerprint density at radius 1 is 0.956 bits per heavy atom. The summed E-state index contributed by atoms with van der Waals surface area (Å²) in [6, 6.07) is 18.3. The lowest BCUT2D eigenvalue weighted by Crippen LogP contribution is -2.42. The highest BCUT2D eigenvalue weighted by Gasteiger charge is 2.35. The summed E-state index contributed by atoms with van der Waals surface area (Å²) in [5, 5.41) is 3.53. The van der Waals surface area contributed by atoms with Gasteiger partial charge >= 0.3 is 0 Å². The number of likely N-dealkylation sites (tertiary alicyclic amines) is 1. The number of hydrogen-bond acceptors (Lipinski definition) is 6. The van der Waals surface area contributed by atoms with Gasteiger partial charge < -0.3 is 20.4 Å². The van der Waals surface area contributed by atoms with Crippen molar-refractivity contribution < 1.29 is 27.2 Å². The van der Waals surface area contributed by atoms with Gasteiger partial charge in [-0.1, -0.05) is 12.1 Å². The molecule has 0 spiro atoms. The molecule has 5 aromatic rings. The molecule has 3 aromatic heterocycles. The molecule has 6 rings (SSSR count). The van der Waals surface area contributed by atoms with Gasteiger partial charge in [0.25, 0.3) is 11.8 Å². The summed E-state index contributed by atoms with van der Waals surface area (Å²) in [5.74, 6) is -2.90. The number of hydrogen-bond donors (Lipinski definition) is 2. The summed E-state index contributed by atoms with van der Waals surface area (Å²) in [4.78, 5) is 35.3. The Kier molecular flexibility index (Phi) is 8.08. The van der Waals surface area contributed by atoms with Crippen LogP contribution in [0.5, 0.6) is 0 Å². The number of piperidine rings is 1. The number of benzene rings is 2. The molecule has 0 unspecified atom stereocenters. The van der Waals surface area contributed by atoms with Crippen molar-refractivity contribution in [3.8, 4) is 22.4 Å². The van der Waals surface area contributed by atoms with Crippen LogP contribution in [0, 0.1) is 5.82 Å². The molecule has 1 saturated heterocycles. The quantitative estimate of drug-likeness (QED) is 0.204. The molecule has 0 saturated carbocycles. The van der Waals surface area contributed by atoms with Gasteiger partial charge in [-0.25, -0.2) is 18.2 Å². The van der Waals surface area contributed by atoms with Crippen molar-refractivity contribution in [3.05, 3.63) is 108 Å². The standard InChI is InChI=1S/C34H28F3N5O3/c35-26-6-3-22(4-7-26)28-17-24(29-8-5-23(19-39-29)33(44)42-13-11-34(36,37)12-14-42)15-25-16-27(45-32(25)28)20-41-31(43)10-2-21-1-9-30(38)40-18-21/h1-10,15-19H,11-14,20H2,(H2,38,40)(H,41,43)/b10-2+. The summed E-state index contributed by atoms with van der Waals surface area (Å²) in [6.45, 7) is 0.101. The largest absolute Gasteiger partial charge is 0.459 e. The number of nitrogens with zero attached hydrogens (tertiary/aromatic N) is 3. The number of carbonyl (C=O) groups is 2. The average Bonchev–Trinajstić information content (AvgIpc) is 3.46. The van der Waals surface area contributed by atoms with Crippen molar-refractivity contribution >= 4 is 34.7 Å². The highest BCUT2D eigenvalue weighted by Crippen LogP contribution is 2.36. The predicted octanol–water partition coefficient (Wildman–Crippen LogP) is 6.48. The van der Waals surface area contributed by atoms with E-state index in [1.165, 1.54) is 29.3 Å². The highest BCUT2D eigenvalue weighted by molar-refractivity contribution is 5.97. The minimum Gasteiger partial charge on any atom is -0.459 e. The van der Waals surface area contributed by atoms with Crippen molar-refractivity contribution in [3.63, 3.8) is 0 Å². The number of anilines is 1. The number of amides is 2. The number of nitrogen functional groups attached to an aromatic ring is 1. The molecular formula is C34H28F3N5O3. The van der Waals surface area contributed by atoms with E-state index in [0.717, 1.165) is 16.5 Å². The van der Waals surface area contributed by atoms with Gasteiger partial charge in [0.1, 0.15) is 23.0 Å². The summed E-state index contributed by atoms with van der Waals surface area (Å²) >= 11 is 0. The van der Waals surface area contributed by atoms with E-state index in [-0.39, 0.29) is 50.1 Å². The van der Waals surface area contributed by atoms with Gasteiger partial charge in [-0.05, 0) is 71.8 Å². The topological polar surface area (TPSA) is 114 Å². The third-order valence-corrected chi connectivity index (χ3v) is 7.58. The SMILES string of the molecule is Nc1ccc(/C=C/C(=O)NCc2cc3cc(-c4ccc(C(=O)N5CCC(F)(F)CC5)cn4)cc(-c4ccc(F)cc4)c3o2)cn1. The van der Waals surface area contributed by atoms with E-state index in [2.05, 4.69) is 15.3 Å². The van der Waals surface area contributed by atoms with Gasteiger partial charge in [0.15, 0.2) is 0 Å². The molecule has 2 amide bonds. The molecule has 45 heavy (non-hydrogen) atoms. The smallest absolute Gasteiger partial charge is 0.255 e. The van der Waals surface area contributed by atoms with Crippen molar-refractivity contribution in [1.29, 1.82) is 0 Å². The number of rotatable bonds is 7. The second kappa shape index (κ2) is 12.3. The maximum absolute atomic E-state index is 13.7. The van der Waals surface area contributed by atoms with Crippen molar-refractivity contribution in [2.45, 2.75) is 25.3 Å². The molecule has 1 aliphatic heterocycles. The molecule has 2 aromatic carbocycles. The van der Waals surface area contributed by atoms with Gasteiger partial charge in [0.05, 0.1) is 17.8 Å². The van der Waals surface area contributed by atoms with Crippen LogP contribution in [-0.2, 0) is 11.3 Å². The van der Waals surface area contributed by atoms with Crippen LogP contribution in [0.2, 0.25) is 0 Å². The average molecular weight is 612 g/mol. The molecule has 3 N–H and O–H groups in total. The van der Waals surface area contributed by atoms with Crippen LogP contribution < -0.4 is 11.1 Å². The number of pyridine rings is 2. The first-order valence-electron chi connectivity index (χ1n) is 14.3. The van der Waals surface area contributed by atoms with Gasteiger partial charge in [0.2, 0.25) is 5.91 Å². The lowest BCUT2D eigenvalue weighted by atomic mass is 9.98. The maximum atomic E-state index is 13.7. The van der Waals surface area contributed by atoms with Crippen LogP contribution in [0.1, 0.15) is 34.5 Å². The molecule has 1 fully saturated rings. The van der Waals surface area contributed by atoms with Crippen LogP contribution in [0.25, 0.3) is 39.4 Å². The first kappa shape index (κ1) is 29.6. The van der Waals surface area contributed by atoms with Crippen LogP contribution in [0.4, 0.5) is 19.0 Å². The van der Waals surface area contributed by atoms with Crippen molar-refractivity contribution in [1.82, 2.24) is 20.2 Å². The number of aromatic nitrogens is 2. The lowest BCUT2D eigenvalue weighted by Gasteiger charge is -2.31. The summed E-state index contributed by atoms with van der Waals surface area (Å²) < 4.78 is 47.0. The summed E-state index contributed by atoms with van der Waals surface area (Å²) in [5.41, 5.74) is 9.86. The molecule has 8 nitrogen and oxygen atoms in total. The maximum Gasteiger partial charge on any atom is 0.255 e. The van der Waals surface area contributed by atoms with Gasteiger partial charge in [-0.2, -0.15) is 0 Å². The number of fused-ring (bicyclic) bond motifs is 1. The molecule has 0 bridgehead atoms. The lowest BCUT2D eigenvalue weighted by molar-refractivity contribution is -0.116. The summed E-state index contributed by atoms with van der Waals surface area (Å²) in [6.07, 6.45) is 5.30. The molecule has 0 radical (unpaired) electrons. The van der Waals surface area contributed by atoms with Crippen molar-refractivity contribution in [2.24, 2.45) is 0 Å². The molecule has 0 atom stereocenters. The second-order valence-corrected chi connectivity index (χ2v) is 10.8. The number of halogens is 3. The molecule has 1 aliphatic rings. The normalized spacial score (nSPS) is 14.6. The Morgan fingerprint density at radius 3 is 2.42 bits per heavy atom. The first-order valence-corrected chi connectivity index (χ1v) is 14.3. The van der Waals surface area contributed by atoms with Gasteiger partial charge in [-0.3, -0.25) is 14.6 Å². The minimum atomic E-state index is -2.74. The van der Waals surface area contributed by atoms with E-state index in [1.54, 1.807) is 48.7 Å². The van der Waals surface area contributed by atoms with E-state index in [1.807, 2.05) is 18.2 Å². The van der Waals surface area contributed by atoms with Gasteiger partial charge in [-0.15, -0.1) is 0 Å². The van der Waals surface area contributed by atoms with E-state index >= 15 is 0 Å². The van der Waals surface area contributed by atoms with E-state index in [4.69, 9.17) is 10.2 Å². The Hall–Kier alpha value is -5.45. The van der Waals surface area contributed by atoms with Crippen LogP contribution in [0.15, 0.2) is 89.6 Å². The Balaban J connectivity index is 1.24. The third kappa shape index (κ3) is 6.87. The molecule has 228 valence electrons. The van der Waals surface area contributed by atoms with Crippen LogP contribution in [0.3, 0.4) is 0 Å². The molecule has 11 heteroatoms. The zero-order valence-electron chi connectivity index (χ0n) is 24.0. The van der Waals surface area contributed by atoms with Crippen molar-refractivity contribution in [2.75, 3.05) is 18.8 Å². The number of nitrogens with one attached hydrogen (secondary N) is 1. The monoisotopic (exact) mass is 611 g/mol. The summed E-state index contributed by atoms with van der Waals surface area (Å²) in [7, 11) is 0. The Morgan fingerprint density at radius 2 is 1.73 bits per heavy atom. The molecular weight excluding hydrogens is 583 g/mol. The fraction of sp³-hybridized carbons (Fsp3) is 0.176. The zero-order chi connectivity index (χ0) is 31.6. The number of furan rings is 1. The number of carbonyl (C=O) groups excluding carboxylic acids is 2. The minimum absolute atomic E-state index is 0.00902. The highest BCUT2D eigenvalue weighted by atomic mass is 19.3. The van der Waals surface area contributed by atoms with E-state index in [0.29, 0.717) is 39.5 Å². The first-order chi connectivity index (χ1) is 21.6. The molecule has 0 aliphatic carbocycles. The zero-order valence-corrected chi connectivity index (χ0v) is 24.0. The third-order valence-electron chi connectivity index (χ3n) is 7.58. The fourth-order valence-electron chi connectivity index (χ4n) is 5.12. The van der Waals surface area contributed by atoms with Gasteiger partial charge in [0, 0.05) is 60.9 Å². The van der Waals surface area contributed by atoms with E-state index < -0.39 is 5.92 Å². The van der Waals surface area contributed by atoms with Crippen LogP contribution in [-0.4, -0.2) is 45.7 Å². The number of nitrogens with two attached hydrogens (primary N) is 1. The predicted molar refractivity (Wildman–Crippen MR) is 164 cm³/mol. The fourth-order valence-corrected chi connectivity index (χ4v) is 5.12. The van der Waals surface area contributed by atoms with E-state index in [9.17, 15) is 22.8 Å². The molecule has 4 heterocycles. The second-order valence-electron chi connectivity index (χ2n) is 10.8. The Labute approximate surface area is 256 Å². The van der Waals surface area contributed by atoms with Crippen LogP contribution >= 0.6 is 0 Å².